The first-order valence-electron chi connectivity index (χ1n) is 7.25. The maximum absolute atomic E-state index is 12.7. The molecular weight excluding hydrogens is 252 g/mol. The van der Waals surface area contributed by atoms with Gasteiger partial charge in [-0.1, -0.05) is 19.8 Å². The summed E-state index contributed by atoms with van der Waals surface area (Å²) in [6.45, 7) is 6.98. The van der Waals surface area contributed by atoms with E-state index in [9.17, 15) is 4.79 Å². The van der Waals surface area contributed by atoms with E-state index < -0.39 is 0 Å². The van der Waals surface area contributed by atoms with Gasteiger partial charge in [0.25, 0.3) is 5.91 Å². The van der Waals surface area contributed by atoms with E-state index >= 15 is 0 Å². The molecule has 4 nitrogen and oxygen atoms in total. The Bertz CT molecular complexity index is 444. The number of hydrogen-bond acceptors (Lipinski definition) is 3. The number of carbonyl (C=O) groups excluding carboxylic acids is 1. The lowest BCUT2D eigenvalue weighted by molar-refractivity contribution is 0.0699. The van der Waals surface area contributed by atoms with Crippen LogP contribution in [0.2, 0.25) is 0 Å². The SMILES string of the molecule is CCCCCN(C(=O)c1cc(N)ccc1OC)C(C)C. The minimum absolute atomic E-state index is 0.0137. The molecule has 1 aromatic rings. The predicted octanol–water partition coefficient (Wildman–Crippen LogP) is 3.32. The van der Waals surface area contributed by atoms with Crippen molar-refractivity contribution in [2.45, 2.75) is 46.1 Å². The van der Waals surface area contributed by atoms with Gasteiger partial charge < -0.3 is 15.4 Å². The first kappa shape index (κ1) is 16.3. The summed E-state index contributed by atoms with van der Waals surface area (Å²) in [6, 6.07) is 5.33. The summed E-state index contributed by atoms with van der Waals surface area (Å²) < 4.78 is 5.27. The van der Waals surface area contributed by atoms with Crippen LogP contribution >= 0.6 is 0 Å². The highest BCUT2D eigenvalue weighted by Crippen LogP contribution is 2.23. The largest absolute Gasteiger partial charge is 0.496 e. The van der Waals surface area contributed by atoms with E-state index in [0.29, 0.717) is 17.0 Å². The van der Waals surface area contributed by atoms with Crippen LogP contribution in [-0.4, -0.2) is 30.5 Å². The number of nitrogens with zero attached hydrogens (tertiary/aromatic N) is 1. The molecule has 1 rings (SSSR count). The summed E-state index contributed by atoms with van der Waals surface area (Å²) in [5.41, 5.74) is 6.91. The van der Waals surface area contributed by atoms with Crippen LogP contribution in [-0.2, 0) is 0 Å². The van der Waals surface area contributed by atoms with Crippen LogP contribution in [0.25, 0.3) is 0 Å². The fourth-order valence-corrected chi connectivity index (χ4v) is 2.17. The van der Waals surface area contributed by atoms with E-state index in [0.717, 1.165) is 25.8 Å². The molecule has 0 unspecified atom stereocenters. The van der Waals surface area contributed by atoms with E-state index in [4.69, 9.17) is 10.5 Å². The molecule has 0 aromatic heterocycles. The van der Waals surface area contributed by atoms with E-state index in [2.05, 4.69) is 6.92 Å². The van der Waals surface area contributed by atoms with Crippen molar-refractivity contribution >= 4 is 11.6 Å². The number of unbranched alkanes of at least 4 members (excludes halogenated alkanes) is 2. The zero-order chi connectivity index (χ0) is 15.1. The Kier molecular flexibility index (Phi) is 6.36. The molecule has 0 bridgehead atoms. The van der Waals surface area contributed by atoms with Crippen molar-refractivity contribution in [3.63, 3.8) is 0 Å². The fourth-order valence-electron chi connectivity index (χ4n) is 2.17. The molecule has 4 heteroatoms. The van der Waals surface area contributed by atoms with Crippen molar-refractivity contribution < 1.29 is 9.53 Å². The Labute approximate surface area is 121 Å². The van der Waals surface area contributed by atoms with Gasteiger partial charge in [-0.15, -0.1) is 0 Å². The second kappa shape index (κ2) is 7.78. The standard InChI is InChI=1S/C16H26N2O2/c1-5-6-7-10-18(12(2)3)16(19)14-11-13(17)8-9-15(14)20-4/h8-9,11-12H,5-7,10,17H2,1-4H3. The average Bonchev–Trinajstić information content (AvgIpc) is 2.42. The Balaban J connectivity index is 2.96. The van der Waals surface area contributed by atoms with Crippen molar-refractivity contribution in [3.8, 4) is 5.75 Å². The smallest absolute Gasteiger partial charge is 0.257 e. The number of methoxy groups -OCH3 is 1. The number of hydrogen-bond donors (Lipinski definition) is 1. The van der Waals surface area contributed by atoms with E-state index in [1.54, 1.807) is 25.3 Å². The molecule has 0 aliphatic heterocycles. The molecule has 0 heterocycles. The summed E-state index contributed by atoms with van der Waals surface area (Å²) in [7, 11) is 1.57. The molecule has 20 heavy (non-hydrogen) atoms. The second-order valence-electron chi connectivity index (χ2n) is 5.26. The summed E-state index contributed by atoms with van der Waals surface area (Å²) >= 11 is 0. The third-order valence-corrected chi connectivity index (χ3v) is 3.34. The Morgan fingerprint density at radius 2 is 2.05 bits per heavy atom. The molecule has 0 saturated carbocycles. The highest BCUT2D eigenvalue weighted by molar-refractivity contribution is 5.98. The van der Waals surface area contributed by atoms with Crippen LogP contribution in [0, 0.1) is 0 Å². The minimum atomic E-state index is -0.0137. The van der Waals surface area contributed by atoms with Crippen LogP contribution in [0.15, 0.2) is 18.2 Å². The molecule has 1 aromatic carbocycles. The molecule has 0 radical (unpaired) electrons. The number of carbonyl (C=O) groups is 1. The molecule has 2 N–H and O–H groups in total. The van der Waals surface area contributed by atoms with Gasteiger partial charge in [0.05, 0.1) is 12.7 Å². The highest BCUT2D eigenvalue weighted by Gasteiger charge is 2.21. The van der Waals surface area contributed by atoms with Gasteiger partial charge in [0.15, 0.2) is 0 Å². The van der Waals surface area contributed by atoms with Crippen LogP contribution < -0.4 is 10.5 Å². The van der Waals surface area contributed by atoms with Crippen molar-refractivity contribution in [3.05, 3.63) is 23.8 Å². The number of benzene rings is 1. The number of nitrogen functional groups attached to an aromatic ring is 1. The quantitative estimate of drug-likeness (QED) is 0.615. The van der Waals surface area contributed by atoms with Crippen molar-refractivity contribution in [1.29, 1.82) is 0 Å². The normalized spacial score (nSPS) is 10.7. The zero-order valence-electron chi connectivity index (χ0n) is 13.0. The molecule has 112 valence electrons. The lowest BCUT2D eigenvalue weighted by Crippen LogP contribution is -2.38. The Morgan fingerprint density at radius 3 is 2.60 bits per heavy atom. The van der Waals surface area contributed by atoms with E-state index in [1.807, 2.05) is 18.7 Å². The lowest BCUT2D eigenvalue weighted by atomic mass is 10.1. The average molecular weight is 278 g/mol. The third kappa shape index (κ3) is 4.15. The van der Waals surface area contributed by atoms with Crippen LogP contribution in [0.5, 0.6) is 5.75 Å². The highest BCUT2D eigenvalue weighted by atomic mass is 16.5. The monoisotopic (exact) mass is 278 g/mol. The predicted molar refractivity (Wildman–Crippen MR) is 83.1 cm³/mol. The number of ether oxygens (including phenoxy) is 1. The molecule has 0 saturated heterocycles. The number of rotatable bonds is 7. The topological polar surface area (TPSA) is 55.6 Å². The molecule has 0 aliphatic rings. The Hall–Kier alpha value is -1.71. The summed E-state index contributed by atoms with van der Waals surface area (Å²) in [6.07, 6.45) is 3.29. The first-order valence-corrected chi connectivity index (χ1v) is 7.25. The molecule has 0 spiro atoms. The van der Waals surface area contributed by atoms with E-state index in [-0.39, 0.29) is 11.9 Å². The van der Waals surface area contributed by atoms with Crippen molar-refractivity contribution in [2.75, 3.05) is 19.4 Å². The van der Waals surface area contributed by atoms with Crippen molar-refractivity contribution in [1.82, 2.24) is 4.90 Å². The van der Waals surface area contributed by atoms with Gasteiger partial charge in [-0.05, 0) is 38.5 Å². The number of nitrogens with two attached hydrogens (primary N) is 1. The lowest BCUT2D eigenvalue weighted by Gasteiger charge is -2.27. The van der Waals surface area contributed by atoms with Crippen LogP contribution in [0.4, 0.5) is 5.69 Å². The van der Waals surface area contributed by atoms with Gasteiger partial charge in [-0.3, -0.25) is 4.79 Å². The summed E-state index contributed by atoms with van der Waals surface area (Å²) in [5, 5.41) is 0. The molecular formula is C16H26N2O2. The summed E-state index contributed by atoms with van der Waals surface area (Å²) in [4.78, 5) is 14.6. The van der Waals surface area contributed by atoms with Crippen LogP contribution in [0.3, 0.4) is 0 Å². The van der Waals surface area contributed by atoms with Crippen LogP contribution in [0.1, 0.15) is 50.4 Å². The maximum Gasteiger partial charge on any atom is 0.257 e. The van der Waals surface area contributed by atoms with E-state index in [1.165, 1.54) is 0 Å². The van der Waals surface area contributed by atoms with Gasteiger partial charge in [-0.2, -0.15) is 0 Å². The number of anilines is 1. The second-order valence-corrected chi connectivity index (χ2v) is 5.26. The first-order chi connectivity index (χ1) is 9.51. The zero-order valence-corrected chi connectivity index (χ0v) is 13.0. The molecule has 1 amide bonds. The molecule has 0 atom stereocenters. The molecule has 0 fully saturated rings. The van der Waals surface area contributed by atoms with Gasteiger partial charge in [0, 0.05) is 18.3 Å². The Morgan fingerprint density at radius 1 is 1.35 bits per heavy atom. The van der Waals surface area contributed by atoms with Gasteiger partial charge >= 0.3 is 0 Å². The maximum atomic E-state index is 12.7. The van der Waals surface area contributed by atoms with Gasteiger partial charge in [0.2, 0.25) is 0 Å². The van der Waals surface area contributed by atoms with Crippen molar-refractivity contribution in [2.24, 2.45) is 0 Å². The van der Waals surface area contributed by atoms with Gasteiger partial charge in [-0.25, -0.2) is 0 Å². The minimum Gasteiger partial charge on any atom is -0.496 e. The van der Waals surface area contributed by atoms with Gasteiger partial charge in [0.1, 0.15) is 5.75 Å². The molecule has 0 aliphatic carbocycles. The number of amides is 1. The third-order valence-electron chi connectivity index (χ3n) is 3.34. The summed E-state index contributed by atoms with van der Waals surface area (Å²) in [5.74, 6) is 0.561. The fraction of sp³-hybridized carbons (Fsp3) is 0.562.